The number of nitrogens with one attached hydrogen (secondary N) is 2. The molecule has 7 nitrogen and oxygen atoms in total. The van der Waals surface area contributed by atoms with Gasteiger partial charge in [-0.1, -0.05) is 18.2 Å². The largest absolute Gasteiger partial charge is 0.370 e. The molecule has 0 bridgehead atoms. The zero-order valence-electron chi connectivity index (χ0n) is 13.2. The summed E-state index contributed by atoms with van der Waals surface area (Å²) in [6.45, 7) is 2.32. The maximum atomic E-state index is 11.9. The summed E-state index contributed by atoms with van der Waals surface area (Å²) in [5.41, 5.74) is -0.0158. The number of H-pyrrole nitrogens is 1. The van der Waals surface area contributed by atoms with Crippen molar-refractivity contribution in [1.29, 1.82) is 0 Å². The average Bonchev–Trinajstić information content (AvgIpc) is 2.55. The molecule has 2 N–H and O–H groups in total. The Kier molecular flexibility index (Phi) is 5.35. The summed E-state index contributed by atoms with van der Waals surface area (Å²) in [5, 5.41) is 2.79. The number of aromatic amines is 1. The van der Waals surface area contributed by atoms with Gasteiger partial charge in [-0.3, -0.25) is 19.1 Å². The van der Waals surface area contributed by atoms with E-state index in [1.807, 2.05) is 44.3 Å². The molecule has 23 heavy (non-hydrogen) atoms. The minimum Gasteiger partial charge on any atom is -0.370 e. The zero-order chi connectivity index (χ0) is 16.8. The predicted octanol–water partition coefficient (Wildman–Crippen LogP) is 0.178. The molecule has 122 valence electrons. The quantitative estimate of drug-likeness (QED) is 0.796. The van der Waals surface area contributed by atoms with Gasteiger partial charge >= 0.3 is 5.69 Å². The number of hydrogen-bond donors (Lipinski definition) is 2. The Morgan fingerprint density at radius 3 is 2.61 bits per heavy atom. The Hall–Kier alpha value is -2.83. The van der Waals surface area contributed by atoms with Gasteiger partial charge in [-0.15, -0.1) is 0 Å². The number of para-hydroxylation sites is 1. The monoisotopic (exact) mass is 316 g/mol. The van der Waals surface area contributed by atoms with Gasteiger partial charge in [-0.2, -0.15) is 0 Å². The summed E-state index contributed by atoms with van der Waals surface area (Å²) in [4.78, 5) is 38.6. The number of carbonyl (C=O) groups is 1. The molecule has 0 aliphatic rings. The van der Waals surface area contributed by atoms with Crippen molar-refractivity contribution >= 4 is 11.6 Å². The first-order valence-corrected chi connectivity index (χ1v) is 7.31. The van der Waals surface area contributed by atoms with Crippen LogP contribution in [0.5, 0.6) is 0 Å². The van der Waals surface area contributed by atoms with Crippen molar-refractivity contribution < 1.29 is 4.79 Å². The molecule has 0 saturated carbocycles. The fourth-order valence-corrected chi connectivity index (χ4v) is 2.10. The standard InChI is InChI=1S/C16H20N4O3/c1-12(19(2)13-6-4-3-5-7-13)10-17-15(22)11-20-9-8-14(21)18-16(20)23/h3-9,12H,10-11H2,1-2H3,(H,17,22)(H,18,21,23). The van der Waals surface area contributed by atoms with Crippen LogP contribution < -0.4 is 21.5 Å². The van der Waals surface area contributed by atoms with Gasteiger partial charge in [0.15, 0.2) is 0 Å². The van der Waals surface area contributed by atoms with Crippen molar-refractivity contribution in [3.05, 3.63) is 63.4 Å². The van der Waals surface area contributed by atoms with Crippen LogP contribution >= 0.6 is 0 Å². The van der Waals surface area contributed by atoms with Crippen molar-refractivity contribution in [2.24, 2.45) is 0 Å². The second-order valence-electron chi connectivity index (χ2n) is 5.34. The highest BCUT2D eigenvalue weighted by Gasteiger charge is 2.11. The SMILES string of the molecule is CC(CNC(=O)Cn1ccc(=O)[nH]c1=O)N(C)c1ccccc1. The molecule has 1 amide bonds. The van der Waals surface area contributed by atoms with Crippen molar-refractivity contribution in [2.75, 3.05) is 18.5 Å². The highest BCUT2D eigenvalue weighted by atomic mass is 16.2. The maximum absolute atomic E-state index is 11.9. The molecule has 1 aromatic heterocycles. The minimum atomic E-state index is -0.595. The number of likely N-dealkylation sites (N-methyl/N-ethyl adjacent to an activating group) is 1. The van der Waals surface area contributed by atoms with Crippen molar-refractivity contribution in [2.45, 2.75) is 19.5 Å². The third-order valence-corrected chi connectivity index (χ3v) is 3.63. The maximum Gasteiger partial charge on any atom is 0.328 e. The van der Waals surface area contributed by atoms with E-state index in [0.29, 0.717) is 6.54 Å². The van der Waals surface area contributed by atoms with E-state index in [4.69, 9.17) is 0 Å². The molecule has 0 aliphatic heterocycles. The second-order valence-corrected chi connectivity index (χ2v) is 5.34. The number of benzene rings is 1. The molecule has 2 rings (SSSR count). The summed E-state index contributed by atoms with van der Waals surface area (Å²) in [7, 11) is 1.96. The minimum absolute atomic E-state index is 0.0913. The highest BCUT2D eigenvalue weighted by molar-refractivity contribution is 5.75. The van der Waals surface area contributed by atoms with Gasteiger partial charge in [0.2, 0.25) is 5.91 Å². The topological polar surface area (TPSA) is 87.2 Å². The van der Waals surface area contributed by atoms with Crippen LogP contribution in [0.25, 0.3) is 0 Å². The number of nitrogens with zero attached hydrogens (tertiary/aromatic N) is 2. The van der Waals surface area contributed by atoms with Gasteiger partial charge in [0.05, 0.1) is 0 Å². The van der Waals surface area contributed by atoms with Gasteiger partial charge in [-0.05, 0) is 19.1 Å². The summed E-state index contributed by atoms with van der Waals surface area (Å²) in [5.74, 6) is -0.285. The number of amides is 1. The summed E-state index contributed by atoms with van der Waals surface area (Å²) in [6, 6.07) is 11.2. The lowest BCUT2D eigenvalue weighted by molar-refractivity contribution is -0.121. The number of rotatable bonds is 6. The van der Waals surface area contributed by atoms with Gasteiger partial charge in [-0.25, -0.2) is 4.79 Å². The van der Waals surface area contributed by atoms with E-state index >= 15 is 0 Å². The highest BCUT2D eigenvalue weighted by Crippen LogP contribution is 2.13. The number of anilines is 1. The number of aromatic nitrogens is 2. The Morgan fingerprint density at radius 2 is 1.96 bits per heavy atom. The van der Waals surface area contributed by atoms with Gasteiger partial charge in [0.1, 0.15) is 6.54 Å². The molecule has 7 heteroatoms. The predicted molar refractivity (Wildman–Crippen MR) is 88.6 cm³/mol. The first kappa shape index (κ1) is 16.5. The third kappa shape index (κ3) is 4.57. The molecule has 2 aromatic rings. The van der Waals surface area contributed by atoms with E-state index in [2.05, 4.69) is 15.2 Å². The van der Waals surface area contributed by atoms with Gasteiger partial charge in [0, 0.05) is 37.6 Å². The summed E-state index contributed by atoms with van der Waals surface area (Å²) >= 11 is 0. The van der Waals surface area contributed by atoms with E-state index in [-0.39, 0.29) is 18.5 Å². The van der Waals surface area contributed by atoms with E-state index < -0.39 is 11.2 Å². The Labute approximate surface area is 133 Å². The Balaban J connectivity index is 1.88. The van der Waals surface area contributed by atoms with Crippen molar-refractivity contribution in [1.82, 2.24) is 14.9 Å². The molecular formula is C16H20N4O3. The first-order valence-electron chi connectivity index (χ1n) is 7.31. The molecule has 1 aromatic carbocycles. The molecule has 0 aliphatic carbocycles. The lowest BCUT2D eigenvalue weighted by Gasteiger charge is -2.27. The molecule has 1 unspecified atom stereocenters. The first-order chi connectivity index (χ1) is 11.0. The van der Waals surface area contributed by atoms with Crippen LogP contribution in [0, 0.1) is 0 Å². The van der Waals surface area contributed by atoms with Crippen LogP contribution in [-0.2, 0) is 11.3 Å². The van der Waals surface area contributed by atoms with Crippen LogP contribution in [0.15, 0.2) is 52.2 Å². The number of hydrogen-bond acceptors (Lipinski definition) is 4. The van der Waals surface area contributed by atoms with Crippen LogP contribution in [0.3, 0.4) is 0 Å². The van der Waals surface area contributed by atoms with E-state index in [1.54, 1.807) is 0 Å². The summed E-state index contributed by atoms with van der Waals surface area (Å²) < 4.78 is 1.16. The van der Waals surface area contributed by atoms with Gasteiger partial charge < -0.3 is 10.2 Å². The second kappa shape index (κ2) is 7.44. The number of carbonyl (C=O) groups excluding carboxylic acids is 1. The summed E-state index contributed by atoms with van der Waals surface area (Å²) in [6.07, 6.45) is 1.31. The molecule has 1 heterocycles. The molecule has 0 radical (unpaired) electrons. The fraction of sp³-hybridized carbons (Fsp3) is 0.312. The zero-order valence-corrected chi connectivity index (χ0v) is 13.2. The molecule has 0 spiro atoms. The van der Waals surface area contributed by atoms with Crippen LogP contribution in [-0.4, -0.2) is 35.1 Å². The van der Waals surface area contributed by atoms with Crippen LogP contribution in [0.2, 0.25) is 0 Å². The fourth-order valence-electron chi connectivity index (χ4n) is 2.10. The van der Waals surface area contributed by atoms with Crippen molar-refractivity contribution in [3.63, 3.8) is 0 Å². The smallest absolute Gasteiger partial charge is 0.328 e. The Bertz CT molecular complexity index is 767. The van der Waals surface area contributed by atoms with E-state index in [9.17, 15) is 14.4 Å². The normalized spacial score (nSPS) is 11.7. The van der Waals surface area contributed by atoms with E-state index in [1.165, 1.54) is 12.3 Å². The average molecular weight is 316 g/mol. The third-order valence-electron chi connectivity index (χ3n) is 3.63. The van der Waals surface area contributed by atoms with Crippen LogP contribution in [0.4, 0.5) is 5.69 Å². The Morgan fingerprint density at radius 1 is 1.26 bits per heavy atom. The van der Waals surface area contributed by atoms with Gasteiger partial charge in [0.25, 0.3) is 5.56 Å². The lowest BCUT2D eigenvalue weighted by Crippen LogP contribution is -2.42. The molecule has 0 saturated heterocycles. The van der Waals surface area contributed by atoms with Crippen molar-refractivity contribution in [3.8, 4) is 0 Å². The van der Waals surface area contributed by atoms with E-state index in [0.717, 1.165) is 10.3 Å². The lowest BCUT2D eigenvalue weighted by atomic mass is 10.2. The molecular weight excluding hydrogens is 296 g/mol. The molecule has 1 atom stereocenters. The van der Waals surface area contributed by atoms with Crippen LogP contribution in [0.1, 0.15) is 6.92 Å². The molecule has 0 fully saturated rings.